The second-order valence-electron chi connectivity index (χ2n) is 9.34. The van der Waals surface area contributed by atoms with E-state index in [1.807, 2.05) is 0 Å². The van der Waals surface area contributed by atoms with Crippen molar-refractivity contribution in [3.05, 3.63) is 64.0 Å². The van der Waals surface area contributed by atoms with Gasteiger partial charge in [0.1, 0.15) is 0 Å². The molecule has 2 heteroatoms. The molecule has 2 aliphatic rings. The second-order valence-corrected chi connectivity index (χ2v) is 14.4. The van der Waals surface area contributed by atoms with Crippen LogP contribution < -0.4 is 15.6 Å². The average molecular weight is 463 g/mol. The number of benzene rings is 2. The molecule has 1 radical (unpaired) electrons. The SMILES string of the molecule is Cc1ccc(-c2ccc([Si](C)(C)C)cc2)c2c1=[C]C(=CC1CCCCC1)C=2.[Zr]. The van der Waals surface area contributed by atoms with E-state index in [0.29, 0.717) is 0 Å². The maximum absolute atomic E-state index is 3.71. The van der Waals surface area contributed by atoms with Crippen LogP contribution in [0.4, 0.5) is 0 Å². The predicted octanol–water partition coefficient (Wildman–Crippen LogP) is 5.16. The fourth-order valence-corrected chi connectivity index (χ4v) is 5.59. The van der Waals surface area contributed by atoms with E-state index in [4.69, 9.17) is 0 Å². The molecule has 0 atom stereocenters. The van der Waals surface area contributed by atoms with E-state index < -0.39 is 8.07 Å². The normalized spacial score (nSPS) is 18.2. The third kappa shape index (κ3) is 4.60. The van der Waals surface area contributed by atoms with Gasteiger partial charge in [0.2, 0.25) is 0 Å². The molecule has 0 spiro atoms. The van der Waals surface area contributed by atoms with E-state index in [2.05, 4.69) is 81.2 Å². The van der Waals surface area contributed by atoms with Crippen molar-refractivity contribution in [1.82, 2.24) is 0 Å². The van der Waals surface area contributed by atoms with Gasteiger partial charge in [0.15, 0.2) is 0 Å². The Labute approximate surface area is 190 Å². The molecule has 0 N–H and O–H groups in total. The van der Waals surface area contributed by atoms with Crippen LogP contribution in [0.5, 0.6) is 0 Å². The van der Waals surface area contributed by atoms with Gasteiger partial charge in [-0.3, -0.25) is 0 Å². The van der Waals surface area contributed by atoms with Crippen LogP contribution in [-0.4, -0.2) is 8.07 Å². The Hall–Kier alpha value is -0.980. The topological polar surface area (TPSA) is 0 Å². The van der Waals surface area contributed by atoms with Crippen molar-refractivity contribution in [2.24, 2.45) is 5.92 Å². The Balaban J connectivity index is 0.00000225. The molecule has 0 unspecified atom stereocenters. The third-order valence-electron chi connectivity index (χ3n) is 6.15. The maximum atomic E-state index is 3.71. The first kappa shape index (κ1) is 21.7. The fourth-order valence-electron chi connectivity index (χ4n) is 4.43. The van der Waals surface area contributed by atoms with Crippen LogP contribution >= 0.6 is 0 Å². The largest absolute Gasteiger partial charge is 0.0775 e. The fraction of sp³-hybridized carbons (Fsp3) is 0.385. The van der Waals surface area contributed by atoms with Crippen molar-refractivity contribution in [3.63, 3.8) is 0 Å². The summed E-state index contributed by atoms with van der Waals surface area (Å²) < 4.78 is 0. The molecule has 2 aliphatic carbocycles. The van der Waals surface area contributed by atoms with Crippen molar-refractivity contribution in [2.75, 3.05) is 0 Å². The van der Waals surface area contributed by atoms with E-state index in [0.717, 1.165) is 5.92 Å². The summed E-state index contributed by atoms with van der Waals surface area (Å²) in [5.41, 5.74) is 5.30. The zero-order valence-electron chi connectivity index (χ0n) is 17.7. The molecule has 0 aliphatic heterocycles. The Morgan fingerprint density at radius 2 is 1.61 bits per heavy atom. The molecule has 0 nitrogen and oxygen atoms in total. The molecule has 0 bridgehead atoms. The number of allylic oxidation sites excluding steroid dienone is 2. The van der Waals surface area contributed by atoms with Crippen molar-refractivity contribution in [2.45, 2.75) is 58.7 Å². The van der Waals surface area contributed by atoms with E-state index in [1.165, 1.54) is 70.0 Å². The van der Waals surface area contributed by atoms with Crippen LogP contribution in [0.15, 0.2) is 48.0 Å². The monoisotopic (exact) mass is 461 g/mol. The van der Waals surface area contributed by atoms with Crippen LogP contribution in [0.25, 0.3) is 23.3 Å². The van der Waals surface area contributed by atoms with Crippen LogP contribution in [-0.2, 0) is 26.2 Å². The quantitative estimate of drug-likeness (QED) is 0.553. The Morgan fingerprint density at radius 1 is 0.929 bits per heavy atom. The number of hydrogen-bond acceptors (Lipinski definition) is 0. The molecular weight excluding hydrogens is 432 g/mol. The minimum Gasteiger partial charge on any atom is -0.0735 e. The Bertz CT molecular complexity index is 984. The van der Waals surface area contributed by atoms with Gasteiger partial charge in [0, 0.05) is 26.2 Å². The Kier molecular flexibility index (Phi) is 6.83. The summed E-state index contributed by atoms with van der Waals surface area (Å²) in [6, 6.07) is 13.9. The summed E-state index contributed by atoms with van der Waals surface area (Å²) in [5, 5.41) is 4.18. The number of fused-ring (bicyclic) bond motifs is 1. The molecule has 2 aromatic rings. The summed E-state index contributed by atoms with van der Waals surface area (Å²) in [7, 11) is -1.25. The molecule has 1 saturated carbocycles. The molecule has 28 heavy (non-hydrogen) atoms. The van der Waals surface area contributed by atoms with Gasteiger partial charge in [-0.15, -0.1) is 0 Å². The molecule has 1 fully saturated rings. The van der Waals surface area contributed by atoms with Crippen LogP contribution in [0.1, 0.15) is 37.7 Å². The average Bonchev–Trinajstić information content (AvgIpc) is 3.07. The summed E-state index contributed by atoms with van der Waals surface area (Å²) in [5.74, 6) is 0.742. The molecule has 2 aromatic carbocycles. The van der Waals surface area contributed by atoms with Crippen molar-refractivity contribution in [1.29, 1.82) is 0 Å². The van der Waals surface area contributed by atoms with E-state index >= 15 is 0 Å². The third-order valence-corrected chi connectivity index (χ3v) is 8.22. The molecular formula is C26H31SiZr. The summed E-state index contributed by atoms with van der Waals surface area (Å²) in [6.45, 7) is 9.43. The van der Waals surface area contributed by atoms with Gasteiger partial charge >= 0.3 is 0 Å². The second kappa shape index (κ2) is 8.80. The van der Waals surface area contributed by atoms with Gasteiger partial charge in [0.05, 0.1) is 8.07 Å². The zero-order chi connectivity index (χ0) is 19.0. The van der Waals surface area contributed by atoms with Gasteiger partial charge in [0.25, 0.3) is 0 Å². The Morgan fingerprint density at radius 3 is 2.25 bits per heavy atom. The minimum absolute atomic E-state index is 0. The van der Waals surface area contributed by atoms with Gasteiger partial charge in [-0.25, -0.2) is 0 Å². The molecule has 4 rings (SSSR count). The van der Waals surface area contributed by atoms with Gasteiger partial charge in [-0.2, -0.15) is 0 Å². The van der Waals surface area contributed by atoms with Crippen molar-refractivity contribution < 1.29 is 26.2 Å². The van der Waals surface area contributed by atoms with Gasteiger partial charge in [-0.05, 0) is 70.5 Å². The van der Waals surface area contributed by atoms with Crippen molar-refractivity contribution >= 4 is 25.4 Å². The number of hydrogen-bond donors (Lipinski definition) is 0. The first-order chi connectivity index (χ1) is 12.9. The molecule has 0 aromatic heterocycles. The van der Waals surface area contributed by atoms with Gasteiger partial charge in [-0.1, -0.05) is 86.6 Å². The molecule has 0 heterocycles. The summed E-state index contributed by atoms with van der Waals surface area (Å²) in [6.07, 6.45) is 15.4. The van der Waals surface area contributed by atoms with E-state index in [9.17, 15) is 0 Å². The predicted molar refractivity (Wildman–Crippen MR) is 121 cm³/mol. The van der Waals surface area contributed by atoms with Gasteiger partial charge < -0.3 is 0 Å². The van der Waals surface area contributed by atoms with E-state index in [1.54, 1.807) is 0 Å². The summed E-state index contributed by atoms with van der Waals surface area (Å²) in [4.78, 5) is 0. The smallest absolute Gasteiger partial charge is 0.0735 e. The van der Waals surface area contributed by atoms with Crippen LogP contribution in [0, 0.1) is 12.8 Å². The molecule has 143 valence electrons. The number of aryl methyl sites for hydroxylation is 1. The first-order valence-corrected chi connectivity index (χ1v) is 14.0. The van der Waals surface area contributed by atoms with Crippen molar-refractivity contribution in [3.8, 4) is 11.1 Å². The first-order valence-electron chi connectivity index (χ1n) is 10.5. The molecule has 0 amide bonds. The summed E-state index contributed by atoms with van der Waals surface area (Å²) >= 11 is 0. The van der Waals surface area contributed by atoms with E-state index in [-0.39, 0.29) is 26.2 Å². The van der Waals surface area contributed by atoms with Crippen LogP contribution in [0.3, 0.4) is 0 Å². The minimum atomic E-state index is -1.25. The van der Waals surface area contributed by atoms with Crippen LogP contribution in [0.2, 0.25) is 19.6 Å². The maximum Gasteiger partial charge on any atom is 0.0775 e. The molecule has 0 saturated heterocycles. The zero-order valence-corrected chi connectivity index (χ0v) is 21.2. The number of rotatable bonds is 3. The standard InChI is InChI=1S/C26H31Si.Zr/c1-19-10-15-24(22-11-13-23(14-12-22)27(2,3)4)26-18-21(17-25(19)26)16-20-8-6-5-7-9-20;/h10-16,18,20H,5-9H2,1-4H3;.